The summed E-state index contributed by atoms with van der Waals surface area (Å²) in [5.74, 6) is -0.825. The summed E-state index contributed by atoms with van der Waals surface area (Å²) in [7, 11) is 0. The Balaban J connectivity index is 3.97. The minimum Gasteiger partial charge on any atom is -0.462 e. The Hall–Kier alpha value is -1.59. The number of esters is 3. The Morgan fingerprint density at radius 3 is 0.506 bits per heavy atom. The number of carbonyl (C=O) groups excluding carboxylic acids is 3. The minimum absolute atomic E-state index is 0.0606. The molecule has 0 saturated heterocycles. The van der Waals surface area contributed by atoms with E-state index in [2.05, 4.69) is 20.8 Å². The van der Waals surface area contributed by atoms with Gasteiger partial charge >= 0.3 is 17.9 Å². The summed E-state index contributed by atoms with van der Waals surface area (Å²) in [6.07, 6.45) is 81.7. The van der Waals surface area contributed by atoms with Gasteiger partial charge in [0.05, 0.1) is 0 Å². The van der Waals surface area contributed by atoms with Gasteiger partial charge in [0.15, 0.2) is 6.10 Å². The van der Waals surface area contributed by atoms with Gasteiger partial charge < -0.3 is 14.2 Å². The van der Waals surface area contributed by atoms with Crippen LogP contribution in [0.1, 0.15) is 432 Å². The van der Waals surface area contributed by atoms with Gasteiger partial charge in [-0.25, -0.2) is 0 Å². The molecule has 1 unspecified atom stereocenters. The topological polar surface area (TPSA) is 78.9 Å². The summed E-state index contributed by atoms with van der Waals surface area (Å²) in [5.41, 5.74) is 0. The van der Waals surface area contributed by atoms with E-state index in [1.54, 1.807) is 0 Å². The maximum atomic E-state index is 12.9. The Morgan fingerprint density at radius 1 is 0.203 bits per heavy atom. The molecule has 0 amide bonds. The molecule has 6 nitrogen and oxygen atoms in total. The van der Waals surface area contributed by atoms with Crippen molar-refractivity contribution < 1.29 is 28.6 Å². The highest BCUT2D eigenvalue weighted by Gasteiger charge is 2.20. The van der Waals surface area contributed by atoms with Crippen LogP contribution < -0.4 is 0 Å². The molecule has 1 atom stereocenters. The van der Waals surface area contributed by atoms with Gasteiger partial charge in [0.25, 0.3) is 0 Å². The van der Waals surface area contributed by atoms with Gasteiger partial charge in [-0.1, -0.05) is 393 Å². The molecule has 0 rings (SSSR count). The first-order valence-electron chi connectivity index (χ1n) is 36.5. The molecule has 0 aromatic carbocycles. The summed E-state index contributed by atoms with van der Waals surface area (Å²) in [5, 5.41) is 0. The Kier molecular flexibility index (Phi) is 67.5. The number of carbonyl (C=O) groups is 3. The molecule has 0 aromatic heterocycles. The fraction of sp³-hybridized carbons (Fsp3) is 0.959. The molecule has 0 aliphatic heterocycles. The molecule has 0 N–H and O–H groups in total. The van der Waals surface area contributed by atoms with E-state index < -0.39 is 6.10 Å². The number of rotatable bonds is 69. The second-order valence-corrected chi connectivity index (χ2v) is 25.2. The zero-order valence-corrected chi connectivity index (χ0v) is 54.2. The van der Waals surface area contributed by atoms with Crippen LogP contribution in [0.15, 0.2) is 0 Å². The Labute approximate surface area is 495 Å². The molecule has 0 aliphatic rings. The third kappa shape index (κ3) is 67.1. The van der Waals surface area contributed by atoms with Crippen molar-refractivity contribution in [2.45, 2.75) is 438 Å². The highest BCUT2D eigenvalue weighted by molar-refractivity contribution is 5.71. The predicted octanol–water partition coefficient (Wildman–Crippen LogP) is 25.0. The van der Waals surface area contributed by atoms with Gasteiger partial charge in [0, 0.05) is 19.3 Å². The summed E-state index contributed by atoms with van der Waals surface area (Å²) in [6, 6.07) is 0. The smallest absolute Gasteiger partial charge is 0.306 e. The zero-order chi connectivity index (χ0) is 57.1. The third-order valence-electron chi connectivity index (χ3n) is 17.1. The summed E-state index contributed by atoms with van der Waals surface area (Å²) in [4.78, 5) is 38.3. The number of ether oxygens (including phenoxy) is 3. The summed E-state index contributed by atoms with van der Waals surface area (Å²) in [6.45, 7) is 6.72. The number of unbranched alkanes of at least 4 members (excludes halogenated alkanes) is 58. The van der Waals surface area contributed by atoms with Gasteiger partial charge in [-0.05, 0) is 19.3 Å². The normalized spacial score (nSPS) is 11.9. The predicted molar refractivity (Wildman–Crippen MR) is 344 cm³/mol. The van der Waals surface area contributed by atoms with Crippen LogP contribution in [0.3, 0.4) is 0 Å². The van der Waals surface area contributed by atoms with E-state index in [1.165, 1.54) is 334 Å². The molecule has 6 heteroatoms. The highest BCUT2D eigenvalue weighted by atomic mass is 16.6. The number of hydrogen-bond acceptors (Lipinski definition) is 6. The van der Waals surface area contributed by atoms with Gasteiger partial charge in [0.1, 0.15) is 13.2 Å². The van der Waals surface area contributed by atoms with Gasteiger partial charge in [-0.15, -0.1) is 0 Å². The van der Waals surface area contributed by atoms with Gasteiger partial charge in [-0.2, -0.15) is 0 Å². The third-order valence-corrected chi connectivity index (χ3v) is 17.1. The quantitative estimate of drug-likeness (QED) is 0.0343. The Bertz CT molecular complexity index is 1190. The SMILES string of the molecule is CCCCCCCCCCCCCCCCCCCCCCCCCCCCCCCCCCCCCC(=O)OCC(COC(=O)CCCCCCCCCCCCCC)OC(=O)CCCCCCCCCCCCCCCC. The van der Waals surface area contributed by atoms with Gasteiger partial charge in [0.2, 0.25) is 0 Å². The van der Waals surface area contributed by atoms with Crippen LogP contribution in [0.25, 0.3) is 0 Å². The Morgan fingerprint density at radius 2 is 0.342 bits per heavy atom. The highest BCUT2D eigenvalue weighted by Crippen LogP contribution is 2.20. The minimum atomic E-state index is -0.762. The van der Waals surface area contributed by atoms with Crippen molar-refractivity contribution in [3.8, 4) is 0 Å². The molecule has 0 spiro atoms. The largest absolute Gasteiger partial charge is 0.462 e. The van der Waals surface area contributed by atoms with Crippen molar-refractivity contribution in [3.05, 3.63) is 0 Å². The first kappa shape index (κ1) is 77.4. The number of hydrogen-bond donors (Lipinski definition) is 0. The second-order valence-electron chi connectivity index (χ2n) is 25.2. The van der Waals surface area contributed by atoms with Crippen molar-refractivity contribution in [2.75, 3.05) is 13.2 Å². The van der Waals surface area contributed by atoms with E-state index in [1.807, 2.05) is 0 Å². The van der Waals surface area contributed by atoms with E-state index in [0.29, 0.717) is 19.3 Å². The maximum absolute atomic E-state index is 12.9. The van der Waals surface area contributed by atoms with Crippen molar-refractivity contribution >= 4 is 17.9 Å². The first-order valence-corrected chi connectivity index (χ1v) is 36.5. The lowest BCUT2D eigenvalue weighted by molar-refractivity contribution is -0.167. The molecule has 0 aromatic rings. The van der Waals surface area contributed by atoms with Crippen LogP contribution in [-0.4, -0.2) is 37.2 Å². The van der Waals surface area contributed by atoms with Crippen LogP contribution in [-0.2, 0) is 28.6 Å². The molecule has 0 fully saturated rings. The zero-order valence-electron chi connectivity index (χ0n) is 54.2. The van der Waals surface area contributed by atoms with E-state index in [9.17, 15) is 14.4 Å². The molecule has 0 heterocycles. The van der Waals surface area contributed by atoms with Crippen molar-refractivity contribution in [2.24, 2.45) is 0 Å². The lowest BCUT2D eigenvalue weighted by Gasteiger charge is -2.18. The van der Waals surface area contributed by atoms with Gasteiger partial charge in [-0.3, -0.25) is 14.4 Å². The lowest BCUT2D eigenvalue weighted by Crippen LogP contribution is -2.30. The monoisotopic (exact) mass is 1120 g/mol. The second kappa shape index (κ2) is 68.9. The van der Waals surface area contributed by atoms with Crippen molar-refractivity contribution in [3.63, 3.8) is 0 Å². The fourth-order valence-electron chi connectivity index (χ4n) is 11.6. The van der Waals surface area contributed by atoms with E-state index in [0.717, 1.165) is 57.8 Å². The average molecular weight is 1120 g/mol. The molecule has 0 saturated carbocycles. The van der Waals surface area contributed by atoms with Crippen LogP contribution >= 0.6 is 0 Å². The fourth-order valence-corrected chi connectivity index (χ4v) is 11.6. The molecule has 0 radical (unpaired) electrons. The average Bonchev–Trinajstić information content (AvgIpc) is 3.45. The molecular weight excluding hydrogens is 973 g/mol. The van der Waals surface area contributed by atoms with Crippen LogP contribution in [0.5, 0.6) is 0 Å². The molecular formula is C73H142O6. The summed E-state index contributed by atoms with van der Waals surface area (Å²) >= 11 is 0. The molecule has 0 aliphatic carbocycles. The molecule has 0 bridgehead atoms. The van der Waals surface area contributed by atoms with Crippen LogP contribution in [0.2, 0.25) is 0 Å². The molecule has 79 heavy (non-hydrogen) atoms. The van der Waals surface area contributed by atoms with E-state index in [4.69, 9.17) is 14.2 Å². The van der Waals surface area contributed by atoms with Crippen LogP contribution in [0, 0.1) is 0 Å². The van der Waals surface area contributed by atoms with E-state index in [-0.39, 0.29) is 31.1 Å². The van der Waals surface area contributed by atoms with E-state index >= 15 is 0 Å². The molecule has 470 valence electrons. The summed E-state index contributed by atoms with van der Waals surface area (Å²) < 4.78 is 17.0. The first-order chi connectivity index (χ1) is 39.0. The maximum Gasteiger partial charge on any atom is 0.306 e. The standard InChI is InChI=1S/C73H142O6/c1-4-7-10-13-16-19-22-25-27-28-29-30-31-32-33-34-35-36-37-38-39-40-41-42-43-44-45-46-47-49-51-54-57-60-63-66-72(75)78-69-70(68-77-71(74)65-62-59-56-53-50-24-21-18-15-12-9-6-3)79-73(76)67-64-61-58-55-52-48-26-23-20-17-14-11-8-5-2/h70H,4-69H2,1-3H3. The van der Waals surface area contributed by atoms with Crippen molar-refractivity contribution in [1.29, 1.82) is 0 Å². The lowest BCUT2D eigenvalue weighted by atomic mass is 10.0. The van der Waals surface area contributed by atoms with Crippen LogP contribution in [0.4, 0.5) is 0 Å². The van der Waals surface area contributed by atoms with Crippen molar-refractivity contribution in [1.82, 2.24) is 0 Å².